The first-order chi connectivity index (χ1) is 12.1. The maximum Gasteiger partial charge on any atom is 0.160 e. The van der Waals surface area contributed by atoms with Crippen molar-refractivity contribution in [2.75, 3.05) is 27.4 Å². The summed E-state index contributed by atoms with van der Waals surface area (Å²) in [7, 11) is 3.30. The number of methoxy groups -OCH3 is 2. The highest BCUT2D eigenvalue weighted by atomic mass is 16.5. The monoisotopic (exact) mass is 351 g/mol. The fourth-order valence-corrected chi connectivity index (χ4v) is 3.37. The molecule has 5 nitrogen and oxygen atoms in total. The molecule has 0 bridgehead atoms. The quantitative estimate of drug-likeness (QED) is 0.679. The van der Waals surface area contributed by atoms with Crippen molar-refractivity contribution >= 4 is 0 Å². The normalized spacial score (nSPS) is 21.8. The van der Waals surface area contributed by atoms with Crippen LogP contribution < -0.4 is 14.8 Å². The molecule has 1 saturated carbocycles. The van der Waals surface area contributed by atoms with Crippen LogP contribution in [0.1, 0.15) is 44.6 Å². The van der Waals surface area contributed by atoms with E-state index in [1.54, 1.807) is 14.2 Å². The summed E-state index contributed by atoms with van der Waals surface area (Å²) in [6, 6.07) is 6.42. The summed E-state index contributed by atoms with van der Waals surface area (Å²) in [6.07, 6.45) is 6.41. The molecule has 2 N–H and O–H groups in total. The van der Waals surface area contributed by atoms with E-state index >= 15 is 0 Å². The minimum Gasteiger partial charge on any atom is -0.493 e. The number of aliphatic hydroxyl groups is 1. The molecule has 25 heavy (non-hydrogen) atoms. The molecule has 1 fully saturated rings. The average Bonchev–Trinajstić information content (AvgIpc) is 2.62. The molecule has 142 valence electrons. The zero-order valence-corrected chi connectivity index (χ0v) is 15.8. The van der Waals surface area contributed by atoms with Gasteiger partial charge in [-0.3, -0.25) is 0 Å². The Hall–Kier alpha value is -1.30. The molecule has 0 heterocycles. The van der Waals surface area contributed by atoms with Crippen LogP contribution in [0.3, 0.4) is 0 Å². The van der Waals surface area contributed by atoms with Crippen molar-refractivity contribution in [2.45, 2.75) is 63.7 Å². The third-order valence-electron chi connectivity index (χ3n) is 4.84. The Morgan fingerprint density at radius 2 is 1.92 bits per heavy atom. The molecule has 1 aliphatic rings. The smallest absolute Gasteiger partial charge is 0.160 e. The van der Waals surface area contributed by atoms with Crippen LogP contribution in [0.2, 0.25) is 0 Å². The van der Waals surface area contributed by atoms with Crippen LogP contribution in [-0.4, -0.2) is 50.7 Å². The van der Waals surface area contributed by atoms with Gasteiger partial charge in [-0.1, -0.05) is 18.9 Å². The van der Waals surface area contributed by atoms with Crippen molar-refractivity contribution in [2.24, 2.45) is 0 Å². The Labute approximate surface area is 151 Å². The summed E-state index contributed by atoms with van der Waals surface area (Å²) < 4.78 is 16.8. The molecule has 1 aromatic rings. The molecule has 2 rings (SSSR count). The number of hydrogen-bond donors (Lipinski definition) is 2. The van der Waals surface area contributed by atoms with Crippen LogP contribution >= 0.6 is 0 Å². The lowest BCUT2D eigenvalue weighted by molar-refractivity contribution is 0.00599. The Morgan fingerprint density at radius 3 is 2.64 bits per heavy atom. The van der Waals surface area contributed by atoms with Crippen molar-refractivity contribution in [3.8, 4) is 11.5 Å². The molecule has 0 spiro atoms. The van der Waals surface area contributed by atoms with Gasteiger partial charge in [0.1, 0.15) is 0 Å². The number of hydrogen-bond acceptors (Lipinski definition) is 5. The van der Waals surface area contributed by atoms with Gasteiger partial charge in [-0.15, -0.1) is 0 Å². The van der Waals surface area contributed by atoms with Gasteiger partial charge >= 0.3 is 0 Å². The van der Waals surface area contributed by atoms with E-state index < -0.39 is 0 Å². The molecule has 0 aromatic heterocycles. The lowest BCUT2D eigenvalue weighted by Gasteiger charge is -2.32. The highest BCUT2D eigenvalue weighted by Gasteiger charge is 2.25. The van der Waals surface area contributed by atoms with Gasteiger partial charge in [0.05, 0.1) is 33.0 Å². The van der Waals surface area contributed by atoms with E-state index in [4.69, 9.17) is 14.2 Å². The molecule has 0 aliphatic heterocycles. The van der Waals surface area contributed by atoms with Gasteiger partial charge < -0.3 is 24.6 Å². The van der Waals surface area contributed by atoms with Gasteiger partial charge in [-0.25, -0.2) is 0 Å². The van der Waals surface area contributed by atoms with Crippen molar-refractivity contribution in [1.82, 2.24) is 5.32 Å². The first kappa shape index (κ1) is 20.0. The number of ether oxygens (including phenoxy) is 3. The summed E-state index contributed by atoms with van der Waals surface area (Å²) in [5.74, 6) is 1.51. The zero-order valence-electron chi connectivity index (χ0n) is 15.8. The van der Waals surface area contributed by atoms with Gasteiger partial charge in [-0.2, -0.15) is 0 Å². The van der Waals surface area contributed by atoms with E-state index in [2.05, 4.69) is 11.4 Å². The Balaban J connectivity index is 1.80. The highest BCUT2D eigenvalue weighted by molar-refractivity contribution is 5.42. The van der Waals surface area contributed by atoms with Gasteiger partial charge in [0.2, 0.25) is 0 Å². The standard InChI is InChI=1S/C20H33NO4/c1-15(22)10-12-21-17-6-4-5-7-18(17)25-13-11-16-8-9-19(23-2)20(14-16)24-3/h8-9,14-15,17-18,21-22H,4-7,10-13H2,1-3H3/t15-,17-,18?/m0/s1. The zero-order chi connectivity index (χ0) is 18.1. The first-order valence-corrected chi connectivity index (χ1v) is 9.38. The topological polar surface area (TPSA) is 60.0 Å². The first-order valence-electron chi connectivity index (χ1n) is 9.38. The van der Waals surface area contributed by atoms with E-state index in [1.807, 2.05) is 19.1 Å². The average molecular weight is 351 g/mol. The molecule has 1 aliphatic carbocycles. The third-order valence-corrected chi connectivity index (χ3v) is 4.84. The van der Waals surface area contributed by atoms with Crippen LogP contribution in [0.15, 0.2) is 18.2 Å². The van der Waals surface area contributed by atoms with Crippen molar-refractivity contribution in [3.63, 3.8) is 0 Å². The number of aliphatic hydroxyl groups excluding tert-OH is 1. The molecular formula is C20H33NO4. The van der Waals surface area contributed by atoms with E-state index in [1.165, 1.54) is 18.4 Å². The minimum absolute atomic E-state index is 0.250. The SMILES string of the molecule is COc1ccc(CCOC2CCCC[C@@H]2NCC[C@H](C)O)cc1OC. The van der Waals surface area contributed by atoms with E-state index in [-0.39, 0.29) is 12.2 Å². The van der Waals surface area contributed by atoms with Crippen molar-refractivity contribution in [1.29, 1.82) is 0 Å². The van der Waals surface area contributed by atoms with Crippen molar-refractivity contribution in [3.05, 3.63) is 23.8 Å². The van der Waals surface area contributed by atoms with Crippen LogP contribution in [0.25, 0.3) is 0 Å². The molecule has 1 aromatic carbocycles. The van der Waals surface area contributed by atoms with Crippen LogP contribution in [0, 0.1) is 0 Å². The lowest BCUT2D eigenvalue weighted by Crippen LogP contribution is -2.44. The summed E-state index contributed by atoms with van der Waals surface area (Å²) in [4.78, 5) is 0. The molecule has 0 radical (unpaired) electrons. The van der Waals surface area contributed by atoms with E-state index in [0.29, 0.717) is 12.6 Å². The predicted octanol–water partition coefficient (Wildman–Crippen LogP) is 2.93. The third kappa shape index (κ3) is 6.49. The molecule has 1 unspecified atom stereocenters. The predicted molar refractivity (Wildman–Crippen MR) is 99.5 cm³/mol. The van der Waals surface area contributed by atoms with Gasteiger partial charge in [-0.05, 0) is 56.8 Å². The van der Waals surface area contributed by atoms with Crippen LogP contribution in [0.4, 0.5) is 0 Å². The second kappa shape index (κ2) is 10.6. The lowest BCUT2D eigenvalue weighted by atomic mass is 9.92. The van der Waals surface area contributed by atoms with E-state index in [0.717, 1.165) is 43.7 Å². The van der Waals surface area contributed by atoms with Gasteiger partial charge in [0, 0.05) is 6.04 Å². The number of benzene rings is 1. The summed E-state index contributed by atoms with van der Waals surface area (Å²) in [6.45, 7) is 3.38. The maximum absolute atomic E-state index is 9.40. The highest BCUT2D eigenvalue weighted by Crippen LogP contribution is 2.28. The largest absolute Gasteiger partial charge is 0.493 e. The Kier molecular flexibility index (Phi) is 8.52. The summed E-state index contributed by atoms with van der Waals surface area (Å²) in [5, 5.41) is 13.0. The Bertz CT molecular complexity index is 506. The fourth-order valence-electron chi connectivity index (χ4n) is 3.37. The molecular weight excluding hydrogens is 318 g/mol. The van der Waals surface area contributed by atoms with E-state index in [9.17, 15) is 5.11 Å². The fraction of sp³-hybridized carbons (Fsp3) is 0.700. The van der Waals surface area contributed by atoms with Crippen LogP contribution in [0.5, 0.6) is 11.5 Å². The maximum atomic E-state index is 9.40. The van der Waals surface area contributed by atoms with Crippen LogP contribution in [-0.2, 0) is 11.2 Å². The molecule has 0 saturated heterocycles. The molecule has 3 atom stereocenters. The minimum atomic E-state index is -0.250. The molecule has 5 heteroatoms. The summed E-state index contributed by atoms with van der Waals surface area (Å²) in [5.41, 5.74) is 1.19. The summed E-state index contributed by atoms with van der Waals surface area (Å²) >= 11 is 0. The Morgan fingerprint density at radius 1 is 1.16 bits per heavy atom. The number of nitrogens with one attached hydrogen (secondary N) is 1. The second-order valence-corrected chi connectivity index (χ2v) is 6.83. The number of rotatable bonds is 10. The van der Waals surface area contributed by atoms with Gasteiger partial charge in [0.25, 0.3) is 0 Å². The molecule has 0 amide bonds. The van der Waals surface area contributed by atoms with Crippen molar-refractivity contribution < 1.29 is 19.3 Å². The van der Waals surface area contributed by atoms with Gasteiger partial charge in [0.15, 0.2) is 11.5 Å². The second-order valence-electron chi connectivity index (χ2n) is 6.83.